The van der Waals surface area contributed by atoms with Gasteiger partial charge in [0, 0.05) is 25.3 Å². The van der Waals surface area contributed by atoms with E-state index in [4.69, 9.17) is 0 Å². The molecular weight excluding hydrogens is 162 g/mol. The minimum Gasteiger partial charge on any atom is -0.306 e. The van der Waals surface area contributed by atoms with Gasteiger partial charge in [0.25, 0.3) is 0 Å². The first kappa shape index (κ1) is 8.75. The van der Waals surface area contributed by atoms with E-state index in [2.05, 4.69) is 23.4 Å². The van der Waals surface area contributed by atoms with Crippen LogP contribution < -0.4 is 5.32 Å². The lowest BCUT2D eigenvalue weighted by molar-refractivity contribution is 0.206. The van der Waals surface area contributed by atoms with Crippen molar-refractivity contribution in [2.24, 2.45) is 7.05 Å². The largest absolute Gasteiger partial charge is 0.306 e. The molecule has 0 atom stereocenters. The van der Waals surface area contributed by atoms with Crippen molar-refractivity contribution in [1.29, 1.82) is 0 Å². The molecule has 0 bridgehead atoms. The lowest BCUT2D eigenvalue weighted by atomic mass is 9.78. The minimum absolute atomic E-state index is 0.386. The fourth-order valence-electron chi connectivity index (χ4n) is 1.75. The summed E-state index contributed by atoms with van der Waals surface area (Å²) in [6.45, 7) is 3.19. The zero-order chi connectivity index (χ0) is 9.31. The maximum atomic E-state index is 4.33. The van der Waals surface area contributed by atoms with Crippen LogP contribution in [0.5, 0.6) is 0 Å². The summed E-state index contributed by atoms with van der Waals surface area (Å²) in [6, 6.07) is 2.06. The molecule has 1 saturated carbocycles. The summed E-state index contributed by atoms with van der Waals surface area (Å²) in [7, 11) is 1.95. The molecule has 1 aliphatic carbocycles. The van der Waals surface area contributed by atoms with Crippen LogP contribution >= 0.6 is 0 Å². The molecule has 1 heterocycles. The Bertz CT molecular complexity index is 286. The van der Waals surface area contributed by atoms with Crippen molar-refractivity contribution in [3.63, 3.8) is 0 Å². The van der Waals surface area contributed by atoms with Crippen molar-refractivity contribution in [1.82, 2.24) is 15.1 Å². The highest BCUT2D eigenvalue weighted by atomic mass is 15.3. The Balaban J connectivity index is 1.85. The molecule has 72 valence electrons. The maximum absolute atomic E-state index is 4.33. The number of hydrogen-bond acceptors (Lipinski definition) is 2. The number of nitrogens with zero attached hydrogens (tertiary/aromatic N) is 2. The van der Waals surface area contributed by atoms with E-state index in [1.54, 1.807) is 0 Å². The molecular formula is C10H17N3. The Labute approximate surface area is 79.1 Å². The topological polar surface area (TPSA) is 29.9 Å². The Morgan fingerprint density at radius 1 is 1.62 bits per heavy atom. The third-order valence-electron chi connectivity index (χ3n) is 2.92. The van der Waals surface area contributed by atoms with Gasteiger partial charge in [-0.25, -0.2) is 0 Å². The van der Waals surface area contributed by atoms with Crippen LogP contribution in [0.4, 0.5) is 0 Å². The normalized spacial score (nSPS) is 19.8. The van der Waals surface area contributed by atoms with Crippen LogP contribution in [0.2, 0.25) is 0 Å². The fourth-order valence-corrected chi connectivity index (χ4v) is 1.75. The van der Waals surface area contributed by atoms with Crippen LogP contribution in [0.1, 0.15) is 31.9 Å². The van der Waals surface area contributed by atoms with Gasteiger partial charge in [0.15, 0.2) is 0 Å². The van der Waals surface area contributed by atoms with E-state index in [1.807, 2.05) is 17.9 Å². The van der Waals surface area contributed by atoms with Gasteiger partial charge in [-0.15, -0.1) is 0 Å². The van der Waals surface area contributed by atoms with Gasteiger partial charge < -0.3 is 5.32 Å². The van der Waals surface area contributed by atoms with E-state index in [0.717, 1.165) is 12.2 Å². The van der Waals surface area contributed by atoms with Gasteiger partial charge in [0.1, 0.15) is 0 Å². The SMILES string of the molecule is Cn1ccc(CNC2(C)CCC2)n1. The zero-order valence-corrected chi connectivity index (χ0v) is 8.38. The van der Waals surface area contributed by atoms with Gasteiger partial charge in [0.05, 0.1) is 5.69 Å². The summed E-state index contributed by atoms with van der Waals surface area (Å²) in [4.78, 5) is 0. The lowest BCUT2D eigenvalue weighted by Crippen LogP contribution is -2.47. The molecule has 0 radical (unpaired) electrons. The molecule has 1 N–H and O–H groups in total. The van der Waals surface area contributed by atoms with Crippen molar-refractivity contribution in [2.45, 2.75) is 38.3 Å². The van der Waals surface area contributed by atoms with E-state index >= 15 is 0 Å². The van der Waals surface area contributed by atoms with Gasteiger partial charge in [-0.2, -0.15) is 5.10 Å². The smallest absolute Gasteiger partial charge is 0.0762 e. The number of aromatic nitrogens is 2. The summed E-state index contributed by atoms with van der Waals surface area (Å²) >= 11 is 0. The minimum atomic E-state index is 0.386. The van der Waals surface area contributed by atoms with Crippen LogP contribution in [-0.4, -0.2) is 15.3 Å². The molecule has 0 amide bonds. The Hall–Kier alpha value is -0.830. The van der Waals surface area contributed by atoms with E-state index in [0.29, 0.717) is 5.54 Å². The molecule has 13 heavy (non-hydrogen) atoms. The molecule has 0 saturated heterocycles. The van der Waals surface area contributed by atoms with Crippen LogP contribution in [-0.2, 0) is 13.6 Å². The van der Waals surface area contributed by atoms with Crippen LogP contribution in [0.3, 0.4) is 0 Å². The standard InChI is InChI=1S/C10H17N3/c1-10(5-3-6-10)11-8-9-4-7-13(2)12-9/h4,7,11H,3,5-6,8H2,1-2H3. The van der Waals surface area contributed by atoms with Gasteiger partial charge in [-0.05, 0) is 32.3 Å². The molecule has 0 spiro atoms. The van der Waals surface area contributed by atoms with Gasteiger partial charge in [0.2, 0.25) is 0 Å². The Morgan fingerprint density at radius 2 is 2.38 bits per heavy atom. The predicted molar refractivity (Wildman–Crippen MR) is 52.3 cm³/mol. The molecule has 0 unspecified atom stereocenters. The molecule has 3 nitrogen and oxygen atoms in total. The second kappa shape index (κ2) is 3.14. The van der Waals surface area contributed by atoms with E-state index in [9.17, 15) is 0 Å². The summed E-state index contributed by atoms with van der Waals surface area (Å²) < 4.78 is 1.85. The van der Waals surface area contributed by atoms with Crippen molar-refractivity contribution in [2.75, 3.05) is 0 Å². The van der Waals surface area contributed by atoms with Gasteiger partial charge in [-0.3, -0.25) is 4.68 Å². The van der Waals surface area contributed by atoms with Crippen molar-refractivity contribution >= 4 is 0 Å². The van der Waals surface area contributed by atoms with Crippen molar-refractivity contribution in [3.8, 4) is 0 Å². The van der Waals surface area contributed by atoms with Crippen LogP contribution in [0.15, 0.2) is 12.3 Å². The summed E-state index contributed by atoms with van der Waals surface area (Å²) in [5.41, 5.74) is 1.52. The molecule has 1 aromatic heterocycles. The van der Waals surface area contributed by atoms with Gasteiger partial charge in [-0.1, -0.05) is 0 Å². The first-order valence-corrected chi connectivity index (χ1v) is 4.92. The summed E-state index contributed by atoms with van der Waals surface area (Å²) in [5, 5.41) is 7.88. The Morgan fingerprint density at radius 3 is 2.85 bits per heavy atom. The first-order chi connectivity index (χ1) is 6.18. The second-order valence-corrected chi connectivity index (χ2v) is 4.25. The van der Waals surface area contributed by atoms with Crippen LogP contribution in [0, 0.1) is 0 Å². The highest BCUT2D eigenvalue weighted by Gasteiger charge is 2.30. The number of rotatable bonds is 3. The average Bonchev–Trinajstić information content (AvgIpc) is 2.44. The predicted octanol–water partition coefficient (Wildman–Crippen LogP) is 1.45. The maximum Gasteiger partial charge on any atom is 0.0762 e. The van der Waals surface area contributed by atoms with Crippen LogP contribution in [0.25, 0.3) is 0 Å². The van der Waals surface area contributed by atoms with E-state index in [-0.39, 0.29) is 0 Å². The Kier molecular flexibility index (Phi) is 2.12. The van der Waals surface area contributed by atoms with E-state index in [1.165, 1.54) is 19.3 Å². The fraction of sp³-hybridized carbons (Fsp3) is 0.700. The summed E-state index contributed by atoms with van der Waals surface area (Å²) in [5.74, 6) is 0. The second-order valence-electron chi connectivity index (χ2n) is 4.25. The third-order valence-corrected chi connectivity index (χ3v) is 2.92. The molecule has 1 aliphatic rings. The highest BCUT2D eigenvalue weighted by molar-refractivity contribution is 5.01. The number of aryl methyl sites for hydroxylation is 1. The highest BCUT2D eigenvalue weighted by Crippen LogP contribution is 2.30. The zero-order valence-electron chi connectivity index (χ0n) is 8.38. The molecule has 0 aliphatic heterocycles. The first-order valence-electron chi connectivity index (χ1n) is 4.92. The summed E-state index contributed by atoms with van der Waals surface area (Å²) in [6.07, 6.45) is 5.96. The molecule has 0 aromatic carbocycles. The molecule has 2 rings (SSSR count). The van der Waals surface area contributed by atoms with E-state index < -0.39 is 0 Å². The monoisotopic (exact) mass is 179 g/mol. The molecule has 3 heteroatoms. The third kappa shape index (κ3) is 1.91. The quantitative estimate of drug-likeness (QED) is 0.761. The lowest BCUT2D eigenvalue weighted by Gasteiger charge is -2.39. The average molecular weight is 179 g/mol. The van der Waals surface area contributed by atoms with Gasteiger partial charge >= 0.3 is 0 Å². The van der Waals surface area contributed by atoms with Crippen molar-refractivity contribution in [3.05, 3.63) is 18.0 Å². The number of nitrogens with one attached hydrogen (secondary N) is 1. The number of hydrogen-bond donors (Lipinski definition) is 1. The molecule has 1 fully saturated rings. The van der Waals surface area contributed by atoms with Crippen molar-refractivity contribution < 1.29 is 0 Å². The molecule has 1 aromatic rings.